The topological polar surface area (TPSA) is 58.1 Å². The number of anilines is 2. The van der Waals surface area contributed by atoms with Crippen LogP contribution in [0.4, 0.5) is 11.5 Å². The van der Waals surface area contributed by atoms with E-state index in [1.165, 1.54) is 12.8 Å². The number of rotatable bonds is 6. The highest BCUT2D eigenvalue weighted by Crippen LogP contribution is 2.25. The lowest BCUT2D eigenvalue weighted by Crippen LogP contribution is -2.33. The van der Waals surface area contributed by atoms with E-state index in [0.29, 0.717) is 0 Å². The molecule has 2 aromatic carbocycles. The predicted octanol–water partition coefficient (Wildman–Crippen LogP) is 5.51. The molecule has 1 aliphatic heterocycles. The average molecular weight is 415 g/mol. The van der Waals surface area contributed by atoms with Crippen LogP contribution in [0.3, 0.4) is 0 Å². The molecule has 3 aromatic rings. The number of hydrogen-bond acceptors (Lipinski definition) is 4. The minimum Gasteiger partial charge on any atom is -0.355 e. The molecule has 2 heterocycles. The Bertz CT molecular complexity index is 978. The largest absolute Gasteiger partial charge is 0.355 e. The Morgan fingerprint density at radius 2 is 1.71 bits per heavy atom. The van der Waals surface area contributed by atoms with Gasteiger partial charge in [0.25, 0.3) is 0 Å². The van der Waals surface area contributed by atoms with Gasteiger partial charge in [-0.1, -0.05) is 56.3 Å². The summed E-state index contributed by atoms with van der Waals surface area (Å²) in [5.74, 6) is 1.60. The zero-order chi connectivity index (χ0) is 21.6. The summed E-state index contributed by atoms with van der Waals surface area (Å²) in [5.41, 5.74) is 3.65. The lowest BCUT2D eigenvalue weighted by atomic mass is 9.95. The third-order valence-electron chi connectivity index (χ3n) is 6.13. The molecule has 1 amide bonds. The first-order valence-corrected chi connectivity index (χ1v) is 11.2. The van der Waals surface area contributed by atoms with E-state index in [9.17, 15) is 4.79 Å². The molecule has 0 radical (unpaired) electrons. The van der Waals surface area contributed by atoms with Gasteiger partial charge in [0.2, 0.25) is 5.91 Å². The van der Waals surface area contributed by atoms with Crippen LogP contribution in [0.5, 0.6) is 0 Å². The van der Waals surface area contributed by atoms with E-state index >= 15 is 0 Å². The van der Waals surface area contributed by atoms with Gasteiger partial charge >= 0.3 is 0 Å². The highest BCUT2D eigenvalue weighted by molar-refractivity contribution is 5.96. The molecule has 160 valence electrons. The third kappa shape index (κ3) is 5.10. The molecule has 4 rings (SSSR count). The highest BCUT2D eigenvalue weighted by atomic mass is 16.1. The Morgan fingerprint density at radius 3 is 2.32 bits per heavy atom. The monoisotopic (exact) mass is 414 g/mol. The number of aromatic nitrogens is 2. The summed E-state index contributed by atoms with van der Waals surface area (Å²) in [6.45, 7) is 6.44. The van der Waals surface area contributed by atoms with Crippen molar-refractivity contribution in [1.29, 1.82) is 0 Å². The average Bonchev–Trinajstić information content (AvgIpc) is 2.81. The lowest BCUT2D eigenvalue weighted by Gasteiger charge is -2.30. The van der Waals surface area contributed by atoms with Crippen molar-refractivity contribution in [2.45, 2.75) is 39.0 Å². The highest BCUT2D eigenvalue weighted by Gasteiger charge is 2.19. The smallest absolute Gasteiger partial charge is 0.231 e. The number of hydrogen-bond donors (Lipinski definition) is 1. The van der Waals surface area contributed by atoms with Crippen LogP contribution < -0.4 is 10.2 Å². The molecule has 1 unspecified atom stereocenters. The molecule has 5 nitrogen and oxygen atoms in total. The van der Waals surface area contributed by atoms with E-state index in [-0.39, 0.29) is 11.8 Å². The second kappa shape index (κ2) is 9.73. The van der Waals surface area contributed by atoms with E-state index in [0.717, 1.165) is 53.8 Å². The van der Waals surface area contributed by atoms with Crippen molar-refractivity contribution >= 4 is 17.4 Å². The molecule has 1 atom stereocenters. The summed E-state index contributed by atoms with van der Waals surface area (Å²) in [4.78, 5) is 15.1. The molecule has 1 saturated heterocycles. The number of amides is 1. The number of carbonyl (C=O) groups excluding carboxylic acids is 1. The van der Waals surface area contributed by atoms with Gasteiger partial charge in [0.15, 0.2) is 5.82 Å². The standard InChI is InChI=1S/C26H30N4O/c1-3-23(20-7-5-4-6-8-20)26(31)27-22-11-9-21(10-12-22)24-13-14-25(29-28-24)30-17-15-19(2)16-18-30/h4-14,19,23H,3,15-18H2,1-2H3,(H,27,31). The van der Waals surface area contributed by atoms with Crippen LogP contribution in [0.15, 0.2) is 66.7 Å². The van der Waals surface area contributed by atoms with E-state index < -0.39 is 0 Å². The first-order valence-electron chi connectivity index (χ1n) is 11.2. The molecule has 0 spiro atoms. The van der Waals surface area contributed by atoms with Crippen molar-refractivity contribution in [3.05, 3.63) is 72.3 Å². The summed E-state index contributed by atoms with van der Waals surface area (Å²) in [6, 6.07) is 21.8. The van der Waals surface area contributed by atoms with Crippen molar-refractivity contribution in [1.82, 2.24) is 10.2 Å². The zero-order valence-corrected chi connectivity index (χ0v) is 18.3. The number of piperidine rings is 1. The van der Waals surface area contributed by atoms with Crippen LogP contribution >= 0.6 is 0 Å². The first kappa shape index (κ1) is 21.0. The Morgan fingerprint density at radius 1 is 1.00 bits per heavy atom. The summed E-state index contributed by atoms with van der Waals surface area (Å²) in [5, 5.41) is 11.9. The van der Waals surface area contributed by atoms with Crippen LogP contribution in [-0.4, -0.2) is 29.2 Å². The Kier molecular flexibility index (Phi) is 6.60. The molecule has 1 fully saturated rings. The second-order valence-corrected chi connectivity index (χ2v) is 8.38. The lowest BCUT2D eigenvalue weighted by molar-refractivity contribution is -0.117. The van der Waals surface area contributed by atoms with E-state index in [1.807, 2.05) is 67.6 Å². The van der Waals surface area contributed by atoms with E-state index in [1.54, 1.807) is 0 Å². The summed E-state index contributed by atoms with van der Waals surface area (Å²) >= 11 is 0. The fourth-order valence-corrected chi connectivity index (χ4v) is 4.10. The Balaban J connectivity index is 1.40. The number of carbonyl (C=O) groups is 1. The molecule has 1 aliphatic rings. The summed E-state index contributed by atoms with van der Waals surface area (Å²) in [7, 11) is 0. The maximum atomic E-state index is 12.8. The van der Waals surface area contributed by atoms with Crippen LogP contribution in [0, 0.1) is 5.92 Å². The quantitative estimate of drug-likeness (QED) is 0.578. The molecular formula is C26H30N4O. The SMILES string of the molecule is CCC(C(=O)Nc1ccc(-c2ccc(N3CCC(C)CC3)nn2)cc1)c1ccccc1. The van der Waals surface area contributed by atoms with Crippen molar-refractivity contribution < 1.29 is 4.79 Å². The van der Waals surface area contributed by atoms with Gasteiger partial charge in [0.1, 0.15) is 0 Å². The zero-order valence-electron chi connectivity index (χ0n) is 18.3. The van der Waals surface area contributed by atoms with Gasteiger partial charge in [0, 0.05) is 24.3 Å². The minimum atomic E-state index is -0.155. The van der Waals surface area contributed by atoms with Crippen LogP contribution in [0.1, 0.15) is 44.6 Å². The number of nitrogens with zero attached hydrogens (tertiary/aromatic N) is 3. The van der Waals surface area contributed by atoms with Crippen LogP contribution in [0.2, 0.25) is 0 Å². The van der Waals surface area contributed by atoms with Gasteiger partial charge in [-0.2, -0.15) is 0 Å². The van der Waals surface area contributed by atoms with Gasteiger partial charge in [-0.25, -0.2) is 0 Å². The van der Waals surface area contributed by atoms with Gasteiger partial charge in [-0.15, -0.1) is 10.2 Å². The van der Waals surface area contributed by atoms with Gasteiger partial charge in [-0.3, -0.25) is 4.79 Å². The van der Waals surface area contributed by atoms with Gasteiger partial charge in [0.05, 0.1) is 11.6 Å². The van der Waals surface area contributed by atoms with Crippen molar-refractivity contribution in [3.8, 4) is 11.3 Å². The van der Waals surface area contributed by atoms with Crippen LogP contribution in [-0.2, 0) is 4.79 Å². The molecule has 1 N–H and O–H groups in total. The van der Waals surface area contributed by atoms with E-state index in [4.69, 9.17) is 0 Å². The third-order valence-corrected chi connectivity index (χ3v) is 6.13. The van der Waals surface area contributed by atoms with Crippen molar-refractivity contribution in [2.75, 3.05) is 23.3 Å². The maximum absolute atomic E-state index is 12.8. The molecule has 1 aromatic heterocycles. The first-order chi connectivity index (χ1) is 15.1. The molecule has 0 bridgehead atoms. The van der Waals surface area contributed by atoms with Gasteiger partial charge in [-0.05, 0) is 55.0 Å². The van der Waals surface area contributed by atoms with Crippen molar-refractivity contribution in [2.24, 2.45) is 5.92 Å². The summed E-state index contributed by atoms with van der Waals surface area (Å²) < 4.78 is 0. The van der Waals surface area contributed by atoms with Gasteiger partial charge < -0.3 is 10.2 Å². The predicted molar refractivity (Wildman–Crippen MR) is 126 cm³/mol. The number of nitrogens with one attached hydrogen (secondary N) is 1. The molecular weight excluding hydrogens is 384 g/mol. The fourth-order valence-electron chi connectivity index (χ4n) is 4.10. The Hall–Kier alpha value is -3.21. The molecule has 0 saturated carbocycles. The van der Waals surface area contributed by atoms with Crippen molar-refractivity contribution in [3.63, 3.8) is 0 Å². The fraction of sp³-hybridized carbons (Fsp3) is 0.346. The molecule has 5 heteroatoms. The molecule has 31 heavy (non-hydrogen) atoms. The second-order valence-electron chi connectivity index (χ2n) is 8.38. The minimum absolute atomic E-state index is 0.0152. The number of benzene rings is 2. The normalized spacial score (nSPS) is 15.5. The maximum Gasteiger partial charge on any atom is 0.231 e. The van der Waals surface area contributed by atoms with Crippen LogP contribution in [0.25, 0.3) is 11.3 Å². The Labute approximate surface area is 184 Å². The van der Waals surface area contributed by atoms with E-state index in [2.05, 4.69) is 33.4 Å². The molecule has 0 aliphatic carbocycles. The summed E-state index contributed by atoms with van der Waals surface area (Å²) in [6.07, 6.45) is 3.17.